The Labute approximate surface area is 198 Å². The molecule has 2 aromatic carbocycles. The van der Waals surface area contributed by atoms with E-state index in [2.05, 4.69) is 5.32 Å². The Morgan fingerprint density at radius 2 is 1.71 bits per heavy atom. The van der Waals surface area contributed by atoms with Gasteiger partial charge in [-0.15, -0.1) is 0 Å². The molecule has 7 heteroatoms. The van der Waals surface area contributed by atoms with Gasteiger partial charge in [0.2, 0.25) is 0 Å². The maximum Gasteiger partial charge on any atom is 0.337 e. The summed E-state index contributed by atoms with van der Waals surface area (Å²) in [6.45, 7) is 2.09. The third-order valence-electron chi connectivity index (χ3n) is 5.99. The molecule has 4 rings (SSSR count). The lowest BCUT2D eigenvalue weighted by atomic mass is 9.75. The molecule has 0 saturated heterocycles. The summed E-state index contributed by atoms with van der Waals surface area (Å²) in [7, 11) is 1.32. The number of allylic oxidation sites excluding steroid dienone is 3. The lowest BCUT2D eigenvalue weighted by Crippen LogP contribution is -2.34. The lowest BCUT2D eigenvalue weighted by Gasteiger charge is -2.34. The fraction of sp³-hybridized carbons (Fsp3) is 0.296. The third kappa shape index (κ3) is 4.88. The van der Waals surface area contributed by atoms with Crippen molar-refractivity contribution in [3.63, 3.8) is 0 Å². The second-order valence-electron chi connectivity index (χ2n) is 8.18. The molecule has 7 nitrogen and oxygen atoms in total. The highest BCUT2D eigenvalue weighted by Gasteiger charge is 2.39. The van der Waals surface area contributed by atoms with Crippen LogP contribution in [0.3, 0.4) is 0 Å². The monoisotopic (exact) mass is 461 g/mol. The van der Waals surface area contributed by atoms with Crippen LogP contribution in [0.4, 0.5) is 0 Å². The van der Waals surface area contributed by atoms with Crippen LogP contribution in [-0.2, 0) is 19.1 Å². The summed E-state index contributed by atoms with van der Waals surface area (Å²) in [5, 5.41) is 3.27. The van der Waals surface area contributed by atoms with Crippen molar-refractivity contribution in [2.75, 3.05) is 20.3 Å². The Balaban J connectivity index is 1.58. The number of carbonyl (C=O) groups is 3. The first-order valence-corrected chi connectivity index (χ1v) is 11.3. The standard InChI is InChI=1S/C27H27NO6/c1-17-23(27(31)34-16-15-33-20-7-4-3-5-8-20)24(25-21(28-17)9-6-10-22(25)29)18-11-13-19(14-12-18)26(30)32-2/h3-5,7-8,11-14,24,28H,6,9-10,15-16H2,1-2H3. The highest BCUT2D eigenvalue weighted by atomic mass is 16.6. The molecule has 1 aliphatic heterocycles. The Hall–Kier alpha value is -3.87. The van der Waals surface area contributed by atoms with Crippen molar-refractivity contribution in [2.24, 2.45) is 0 Å². The Bertz CT molecular complexity index is 1150. The number of ether oxygens (including phenoxy) is 3. The molecule has 1 aliphatic carbocycles. The molecular formula is C27H27NO6. The van der Waals surface area contributed by atoms with Crippen molar-refractivity contribution in [2.45, 2.75) is 32.1 Å². The minimum absolute atomic E-state index is 0.0148. The molecule has 0 amide bonds. The SMILES string of the molecule is COC(=O)c1ccc(C2C(C(=O)OCCOc3ccccc3)=C(C)NC3=C2C(=O)CCC3)cc1. The molecule has 34 heavy (non-hydrogen) atoms. The van der Waals surface area contributed by atoms with Gasteiger partial charge in [0.15, 0.2) is 5.78 Å². The van der Waals surface area contributed by atoms with E-state index in [1.807, 2.05) is 37.3 Å². The predicted molar refractivity (Wildman–Crippen MR) is 125 cm³/mol. The smallest absolute Gasteiger partial charge is 0.337 e. The molecule has 0 bridgehead atoms. The number of nitrogens with one attached hydrogen (secondary N) is 1. The molecule has 0 aromatic heterocycles. The molecule has 1 N–H and O–H groups in total. The van der Waals surface area contributed by atoms with Crippen LogP contribution in [0.2, 0.25) is 0 Å². The second kappa shape index (κ2) is 10.4. The van der Waals surface area contributed by atoms with Crippen molar-refractivity contribution in [3.05, 3.63) is 88.3 Å². The van der Waals surface area contributed by atoms with Crippen LogP contribution in [0.5, 0.6) is 5.75 Å². The summed E-state index contributed by atoms with van der Waals surface area (Å²) < 4.78 is 15.9. The number of hydrogen-bond donors (Lipinski definition) is 1. The number of Topliss-reactive ketones (excluding diaryl/α,β-unsaturated/α-hetero) is 1. The van der Waals surface area contributed by atoms with E-state index in [1.54, 1.807) is 24.3 Å². The molecule has 2 aromatic rings. The molecule has 0 fully saturated rings. The quantitative estimate of drug-likeness (QED) is 0.491. The van der Waals surface area contributed by atoms with E-state index >= 15 is 0 Å². The van der Waals surface area contributed by atoms with E-state index in [9.17, 15) is 14.4 Å². The van der Waals surface area contributed by atoms with E-state index in [4.69, 9.17) is 14.2 Å². The van der Waals surface area contributed by atoms with Gasteiger partial charge in [-0.25, -0.2) is 9.59 Å². The van der Waals surface area contributed by atoms with Crippen LogP contribution in [-0.4, -0.2) is 38.0 Å². The summed E-state index contributed by atoms with van der Waals surface area (Å²) in [4.78, 5) is 38.0. The maximum absolute atomic E-state index is 13.2. The van der Waals surface area contributed by atoms with Gasteiger partial charge >= 0.3 is 11.9 Å². The van der Waals surface area contributed by atoms with Crippen LogP contribution < -0.4 is 10.1 Å². The molecule has 0 spiro atoms. The Morgan fingerprint density at radius 1 is 0.971 bits per heavy atom. The average Bonchev–Trinajstić information content (AvgIpc) is 2.86. The summed E-state index contributed by atoms with van der Waals surface area (Å²) in [6, 6.07) is 16.1. The Morgan fingerprint density at radius 3 is 2.41 bits per heavy atom. The van der Waals surface area contributed by atoms with Gasteiger partial charge in [-0.2, -0.15) is 0 Å². The number of hydrogen-bond acceptors (Lipinski definition) is 7. The largest absolute Gasteiger partial charge is 0.490 e. The van der Waals surface area contributed by atoms with Crippen molar-refractivity contribution in [1.29, 1.82) is 0 Å². The van der Waals surface area contributed by atoms with E-state index in [-0.39, 0.29) is 19.0 Å². The number of carbonyl (C=O) groups excluding carboxylic acids is 3. The molecule has 1 atom stereocenters. The number of dihydropyridines is 1. The fourth-order valence-corrected chi connectivity index (χ4v) is 4.41. The molecule has 2 aliphatic rings. The van der Waals surface area contributed by atoms with Crippen molar-refractivity contribution >= 4 is 17.7 Å². The summed E-state index contributed by atoms with van der Waals surface area (Å²) >= 11 is 0. The number of methoxy groups -OCH3 is 1. The summed E-state index contributed by atoms with van der Waals surface area (Å²) in [6.07, 6.45) is 1.94. The van der Waals surface area contributed by atoms with E-state index in [1.165, 1.54) is 7.11 Å². The normalized spacial score (nSPS) is 17.6. The topological polar surface area (TPSA) is 90.9 Å². The predicted octanol–water partition coefficient (Wildman–Crippen LogP) is 4.06. The molecule has 1 heterocycles. The molecule has 176 valence electrons. The number of benzene rings is 2. The molecule has 1 unspecified atom stereocenters. The zero-order valence-corrected chi connectivity index (χ0v) is 19.3. The van der Waals surface area contributed by atoms with Crippen LogP contribution >= 0.6 is 0 Å². The van der Waals surface area contributed by atoms with Crippen LogP contribution in [0.1, 0.15) is 48.0 Å². The molecule has 0 saturated carbocycles. The average molecular weight is 462 g/mol. The summed E-state index contributed by atoms with van der Waals surface area (Å²) in [5.74, 6) is -0.817. The Kier molecular flexibility index (Phi) is 7.11. The van der Waals surface area contributed by atoms with Crippen molar-refractivity contribution < 1.29 is 28.6 Å². The van der Waals surface area contributed by atoms with E-state index in [0.717, 1.165) is 24.1 Å². The maximum atomic E-state index is 13.2. The minimum atomic E-state index is -0.571. The zero-order chi connectivity index (χ0) is 24.1. The number of ketones is 1. The van der Waals surface area contributed by atoms with E-state index < -0.39 is 17.9 Å². The molecule has 0 radical (unpaired) electrons. The van der Waals surface area contributed by atoms with Gasteiger partial charge in [0.1, 0.15) is 19.0 Å². The van der Waals surface area contributed by atoms with Gasteiger partial charge in [-0.05, 0) is 49.6 Å². The lowest BCUT2D eigenvalue weighted by molar-refractivity contribution is -0.140. The second-order valence-corrected chi connectivity index (χ2v) is 8.18. The van der Waals surface area contributed by atoms with Gasteiger partial charge in [-0.1, -0.05) is 30.3 Å². The fourth-order valence-electron chi connectivity index (χ4n) is 4.41. The van der Waals surface area contributed by atoms with Crippen LogP contribution in [0.25, 0.3) is 0 Å². The minimum Gasteiger partial charge on any atom is -0.490 e. The highest BCUT2D eigenvalue weighted by Crippen LogP contribution is 2.42. The van der Waals surface area contributed by atoms with Gasteiger partial charge in [0.05, 0.1) is 18.2 Å². The van der Waals surface area contributed by atoms with Gasteiger partial charge < -0.3 is 19.5 Å². The highest BCUT2D eigenvalue weighted by molar-refractivity contribution is 6.03. The van der Waals surface area contributed by atoms with Gasteiger partial charge in [0, 0.05) is 29.3 Å². The number of rotatable bonds is 7. The number of para-hydroxylation sites is 1. The van der Waals surface area contributed by atoms with Crippen LogP contribution in [0.15, 0.2) is 77.1 Å². The summed E-state index contributed by atoms with van der Waals surface area (Å²) in [5.41, 5.74) is 3.62. The van der Waals surface area contributed by atoms with E-state index in [0.29, 0.717) is 34.6 Å². The first kappa shape index (κ1) is 23.3. The zero-order valence-electron chi connectivity index (χ0n) is 19.3. The van der Waals surface area contributed by atoms with Crippen LogP contribution in [0, 0.1) is 0 Å². The molecular weight excluding hydrogens is 434 g/mol. The first-order valence-electron chi connectivity index (χ1n) is 11.3. The number of esters is 2. The first-order chi connectivity index (χ1) is 16.5. The van der Waals surface area contributed by atoms with Gasteiger partial charge in [-0.3, -0.25) is 4.79 Å². The third-order valence-corrected chi connectivity index (χ3v) is 5.99. The van der Waals surface area contributed by atoms with Crippen molar-refractivity contribution in [3.8, 4) is 5.75 Å². The van der Waals surface area contributed by atoms with Crippen molar-refractivity contribution in [1.82, 2.24) is 5.32 Å². The van der Waals surface area contributed by atoms with Gasteiger partial charge in [0.25, 0.3) is 0 Å².